The number of rotatable bonds is 2. The summed E-state index contributed by atoms with van der Waals surface area (Å²) in [5.41, 5.74) is 7.14. The standard InChI is InChI=1S/C9H10BrNO/c1-6-4-7(5-9(11)12)2-3-8(6)10/h2-4H,5H2,1H3,(H2,11,12). The lowest BCUT2D eigenvalue weighted by Crippen LogP contribution is -2.13. The Bertz CT molecular complexity index is 309. The molecule has 0 unspecified atom stereocenters. The van der Waals surface area contributed by atoms with Crippen molar-refractivity contribution in [2.24, 2.45) is 5.73 Å². The normalized spacial score (nSPS) is 9.83. The second kappa shape index (κ2) is 3.72. The molecule has 0 atom stereocenters. The van der Waals surface area contributed by atoms with Gasteiger partial charge in [0, 0.05) is 4.47 Å². The number of aryl methyl sites for hydroxylation is 1. The van der Waals surface area contributed by atoms with Gasteiger partial charge in [-0.2, -0.15) is 0 Å². The van der Waals surface area contributed by atoms with Gasteiger partial charge in [-0.25, -0.2) is 0 Å². The number of hydrogen-bond donors (Lipinski definition) is 1. The summed E-state index contributed by atoms with van der Waals surface area (Å²) in [6.07, 6.45) is 0.314. The van der Waals surface area contributed by atoms with Crippen molar-refractivity contribution in [2.45, 2.75) is 13.3 Å². The molecule has 0 bridgehead atoms. The van der Waals surface area contributed by atoms with Gasteiger partial charge in [0.2, 0.25) is 5.91 Å². The zero-order valence-corrected chi connectivity index (χ0v) is 8.39. The third kappa shape index (κ3) is 2.34. The van der Waals surface area contributed by atoms with E-state index >= 15 is 0 Å². The van der Waals surface area contributed by atoms with Crippen molar-refractivity contribution in [2.75, 3.05) is 0 Å². The fourth-order valence-corrected chi connectivity index (χ4v) is 1.26. The van der Waals surface area contributed by atoms with Gasteiger partial charge in [-0.15, -0.1) is 0 Å². The molecule has 2 nitrogen and oxygen atoms in total. The molecule has 1 aromatic rings. The fourth-order valence-electron chi connectivity index (χ4n) is 1.02. The van der Waals surface area contributed by atoms with Gasteiger partial charge in [-0.3, -0.25) is 4.79 Å². The van der Waals surface area contributed by atoms with Gasteiger partial charge >= 0.3 is 0 Å². The van der Waals surface area contributed by atoms with E-state index in [2.05, 4.69) is 15.9 Å². The Morgan fingerprint density at radius 1 is 1.58 bits per heavy atom. The lowest BCUT2D eigenvalue weighted by molar-refractivity contribution is -0.117. The molecule has 2 N–H and O–H groups in total. The number of benzene rings is 1. The van der Waals surface area contributed by atoms with Crippen LogP contribution in [0.15, 0.2) is 22.7 Å². The Morgan fingerprint density at radius 2 is 2.25 bits per heavy atom. The van der Waals surface area contributed by atoms with Crippen molar-refractivity contribution < 1.29 is 4.79 Å². The Labute approximate surface area is 79.9 Å². The van der Waals surface area contributed by atoms with E-state index in [0.29, 0.717) is 6.42 Å². The van der Waals surface area contributed by atoms with Crippen molar-refractivity contribution in [1.82, 2.24) is 0 Å². The molecule has 0 saturated carbocycles. The number of amides is 1. The smallest absolute Gasteiger partial charge is 0.221 e. The van der Waals surface area contributed by atoms with Crippen molar-refractivity contribution >= 4 is 21.8 Å². The summed E-state index contributed by atoms with van der Waals surface area (Å²) in [7, 11) is 0. The molecule has 0 fully saturated rings. The number of nitrogens with two attached hydrogens (primary N) is 1. The van der Waals surface area contributed by atoms with Crippen molar-refractivity contribution in [3.05, 3.63) is 33.8 Å². The van der Waals surface area contributed by atoms with Crippen LogP contribution in [0.4, 0.5) is 0 Å². The highest BCUT2D eigenvalue weighted by molar-refractivity contribution is 9.10. The van der Waals surface area contributed by atoms with Gasteiger partial charge < -0.3 is 5.73 Å². The van der Waals surface area contributed by atoms with Gasteiger partial charge in [-0.05, 0) is 24.1 Å². The minimum absolute atomic E-state index is 0.295. The van der Waals surface area contributed by atoms with Crippen LogP contribution >= 0.6 is 15.9 Å². The summed E-state index contributed by atoms with van der Waals surface area (Å²) in [5, 5.41) is 0. The summed E-state index contributed by atoms with van der Waals surface area (Å²) < 4.78 is 1.05. The van der Waals surface area contributed by atoms with Gasteiger partial charge in [0.05, 0.1) is 6.42 Å². The summed E-state index contributed by atoms with van der Waals surface area (Å²) in [6, 6.07) is 5.77. The van der Waals surface area contributed by atoms with Crippen LogP contribution in [0.3, 0.4) is 0 Å². The zero-order valence-electron chi connectivity index (χ0n) is 6.80. The molecule has 1 amide bonds. The highest BCUT2D eigenvalue weighted by atomic mass is 79.9. The predicted octanol–water partition coefficient (Wildman–Crippen LogP) is 1.79. The number of carbonyl (C=O) groups excluding carboxylic acids is 1. The van der Waals surface area contributed by atoms with Crippen LogP contribution in [0.5, 0.6) is 0 Å². The molecule has 0 aliphatic carbocycles. The maximum Gasteiger partial charge on any atom is 0.221 e. The van der Waals surface area contributed by atoms with E-state index in [1.54, 1.807) is 0 Å². The number of primary amides is 1. The molecular formula is C9H10BrNO. The monoisotopic (exact) mass is 227 g/mol. The fraction of sp³-hybridized carbons (Fsp3) is 0.222. The predicted molar refractivity (Wildman–Crippen MR) is 51.8 cm³/mol. The van der Waals surface area contributed by atoms with Gasteiger partial charge in [-0.1, -0.05) is 28.1 Å². The molecule has 0 saturated heterocycles. The second-order valence-corrected chi connectivity index (χ2v) is 3.58. The van der Waals surface area contributed by atoms with Crippen LogP contribution in [0.1, 0.15) is 11.1 Å². The lowest BCUT2D eigenvalue weighted by atomic mass is 10.1. The third-order valence-electron chi connectivity index (χ3n) is 1.60. The van der Waals surface area contributed by atoms with Crippen LogP contribution in [0.25, 0.3) is 0 Å². The molecule has 64 valence electrons. The van der Waals surface area contributed by atoms with E-state index in [9.17, 15) is 4.79 Å². The largest absolute Gasteiger partial charge is 0.369 e. The number of carbonyl (C=O) groups is 1. The molecular weight excluding hydrogens is 218 g/mol. The molecule has 0 heterocycles. The SMILES string of the molecule is Cc1cc(CC(N)=O)ccc1Br. The summed E-state index contributed by atoms with van der Waals surface area (Å²) in [4.78, 5) is 10.6. The molecule has 0 spiro atoms. The first-order valence-electron chi connectivity index (χ1n) is 3.63. The van der Waals surface area contributed by atoms with E-state index in [1.807, 2.05) is 25.1 Å². The first kappa shape index (κ1) is 9.26. The molecule has 1 rings (SSSR count). The highest BCUT2D eigenvalue weighted by Gasteiger charge is 2.00. The molecule has 0 aliphatic rings. The summed E-state index contributed by atoms with van der Waals surface area (Å²) in [5.74, 6) is -0.295. The number of halogens is 1. The van der Waals surface area contributed by atoms with Gasteiger partial charge in [0.15, 0.2) is 0 Å². The zero-order chi connectivity index (χ0) is 9.14. The van der Waals surface area contributed by atoms with Crippen LogP contribution in [0.2, 0.25) is 0 Å². The van der Waals surface area contributed by atoms with E-state index < -0.39 is 0 Å². The Kier molecular flexibility index (Phi) is 2.87. The average molecular weight is 228 g/mol. The minimum Gasteiger partial charge on any atom is -0.369 e. The molecule has 1 aromatic carbocycles. The average Bonchev–Trinajstić information content (AvgIpc) is 1.96. The van der Waals surface area contributed by atoms with Crippen molar-refractivity contribution in [3.63, 3.8) is 0 Å². The molecule has 0 aliphatic heterocycles. The topological polar surface area (TPSA) is 43.1 Å². The first-order valence-corrected chi connectivity index (χ1v) is 4.42. The molecule has 3 heteroatoms. The van der Waals surface area contributed by atoms with Crippen LogP contribution in [0, 0.1) is 6.92 Å². The van der Waals surface area contributed by atoms with Crippen molar-refractivity contribution in [3.8, 4) is 0 Å². The van der Waals surface area contributed by atoms with E-state index in [4.69, 9.17) is 5.73 Å². The third-order valence-corrected chi connectivity index (χ3v) is 2.49. The van der Waals surface area contributed by atoms with E-state index in [-0.39, 0.29) is 5.91 Å². The minimum atomic E-state index is -0.295. The molecule has 0 radical (unpaired) electrons. The Morgan fingerprint density at radius 3 is 2.75 bits per heavy atom. The van der Waals surface area contributed by atoms with E-state index in [0.717, 1.165) is 15.6 Å². The second-order valence-electron chi connectivity index (χ2n) is 2.73. The summed E-state index contributed by atoms with van der Waals surface area (Å²) >= 11 is 3.38. The Balaban J connectivity index is 2.89. The quantitative estimate of drug-likeness (QED) is 0.823. The number of hydrogen-bond acceptors (Lipinski definition) is 1. The first-order chi connectivity index (χ1) is 5.59. The highest BCUT2D eigenvalue weighted by Crippen LogP contribution is 2.17. The van der Waals surface area contributed by atoms with Crippen molar-refractivity contribution in [1.29, 1.82) is 0 Å². The maximum absolute atomic E-state index is 10.6. The summed E-state index contributed by atoms with van der Waals surface area (Å²) in [6.45, 7) is 1.98. The van der Waals surface area contributed by atoms with Crippen LogP contribution in [-0.4, -0.2) is 5.91 Å². The molecule has 12 heavy (non-hydrogen) atoms. The van der Waals surface area contributed by atoms with E-state index in [1.165, 1.54) is 0 Å². The van der Waals surface area contributed by atoms with Gasteiger partial charge in [0.25, 0.3) is 0 Å². The maximum atomic E-state index is 10.6. The molecule has 0 aromatic heterocycles. The Hall–Kier alpha value is -0.830. The van der Waals surface area contributed by atoms with Crippen LogP contribution in [-0.2, 0) is 11.2 Å². The van der Waals surface area contributed by atoms with Crippen LogP contribution < -0.4 is 5.73 Å². The van der Waals surface area contributed by atoms with Gasteiger partial charge in [0.1, 0.15) is 0 Å². The lowest BCUT2D eigenvalue weighted by Gasteiger charge is -2.01.